The zero-order valence-corrected chi connectivity index (χ0v) is 6.11. The normalized spacial score (nSPS) is 50.1. The third-order valence-electron chi connectivity index (χ3n) is 3.08. The molecule has 2 aliphatic carbocycles. The van der Waals surface area contributed by atoms with Crippen LogP contribution in [-0.4, -0.2) is 5.92 Å². The molecule has 0 unspecified atom stereocenters. The fourth-order valence-electron chi connectivity index (χ4n) is 2.67. The van der Waals surface area contributed by atoms with Gasteiger partial charge in [0.2, 0.25) is 0 Å². The van der Waals surface area contributed by atoms with Gasteiger partial charge in [0.1, 0.15) is 0 Å². The molecule has 0 aromatic heterocycles. The summed E-state index contributed by atoms with van der Waals surface area (Å²) in [4.78, 5) is 0. The van der Waals surface area contributed by atoms with Gasteiger partial charge < -0.3 is 0 Å². The standard InChI is InChI=1S/C8H12F2/c1-5-2-6-3-7(5)8(9,10)4-6/h5-7H,2-4H2,1H3/t5-,6+,7+/m1/s1. The van der Waals surface area contributed by atoms with Gasteiger partial charge in [0.05, 0.1) is 0 Å². The van der Waals surface area contributed by atoms with Crippen LogP contribution in [0.3, 0.4) is 0 Å². The van der Waals surface area contributed by atoms with E-state index in [0.717, 1.165) is 12.8 Å². The Morgan fingerprint density at radius 2 is 2.00 bits per heavy atom. The summed E-state index contributed by atoms with van der Waals surface area (Å²) in [5.41, 5.74) is 0. The van der Waals surface area contributed by atoms with Crippen LogP contribution < -0.4 is 0 Å². The molecule has 10 heavy (non-hydrogen) atoms. The van der Waals surface area contributed by atoms with Gasteiger partial charge in [-0.1, -0.05) is 6.92 Å². The molecule has 0 saturated heterocycles. The van der Waals surface area contributed by atoms with Crippen molar-refractivity contribution in [2.24, 2.45) is 17.8 Å². The third-order valence-corrected chi connectivity index (χ3v) is 3.08. The fourth-order valence-corrected chi connectivity index (χ4v) is 2.67. The van der Waals surface area contributed by atoms with Crippen LogP contribution in [0.15, 0.2) is 0 Å². The van der Waals surface area contributed by atoms with E-state index in [1.807, 2.05) is 6.92 Å². The van der Waals surface area contributed by atoms with Crippen molar-refractivity contribution in [1.29, 1.82) is 0 Å². The lowest BCUT2D eigenvalue weighted by Gasteiger charge is -2.26. The van der Waals surface area contributed by atoms with Crippen LogP contribution in [0.1, 0.15) is 26.2 Å². The van der Waals surface area contributed by atoms with Gasteiger partial charge in [-0.05, 0) is 24.7 Å². The van der Waals surface area contributed by atoms with Gasteiger partial charge in [0, 0.05) is 12.3 Å². The highest BCUT2D eigenvalue weighted by atomic mass is 19.3. The van der Waals surface area contributed by atoms with Crippen molar-refractivity contribution in [1.82, 2.24) is 0 Å². The predicted octanol–water partition coefficient (Wildman–Crippen LogP) is 2.69. The SMILES string of the molecule is C[C@@H]1C[C@H]2C[C@@H]1C(F)(F)C2. The molecule has 0 aromatic rings. The molecular weight excluding hydrogens is 134 g/mol. The molecule has 0 aromatic carbocycles. The quantitative estimate of drug-likeness (QED) is 0.493. The van der Waals surface area contributed by atoms with Crippen molar-refractivity contribution in [3.63, 3.8) is 0 Å². The first-order valence-electron chi connectivity index (χ1n) is 3.97. The van der Waals surface area contributed by atoms with Gasteiger partial charge in [-0.3, -0.25) is 0 Å². The molecule has 2 aliphatic rings. The van der Waals surface area contributed by atoms with Gasteiger partial charge in [-0.15, -0.1) is 0 Å². The maximum absolute atomic E-state index is 12.9. The average molecular weight is 146 g/mol. The third kappa shape index (κ3) is 0.708. The number of hydrogen-bond donors (Lipinski definition) is 0. The van der Waals surface area contributed by atoms with E-state index in [1.165, 1.54) is 0 Å². The second-order valence-electron chi connectivity index (χ2n) is 3.89. The van der Waals surface area contributed by atoms with Gasteiger partial charge >= 0.3 is 0 Å². The Kier molecular flexibility index (Phi) is 1.13. The van der Waals surface area contributed by atoms with Crippen molar-refractivity contribution in [2.45, 2.75) is 32.1 Å². The molecule has 0 N–H and O–H groups in total. The summed E-state index contributed by atoms with van der Waals surface area (Å²) < 4.78 is 25.8. The summed E-state index contributed by atoms with van der Waals surface area (Å²) in [6.45, 7) is 1.96. The lowest BCUT2D eigenvalue weighted by atomic mass is 9.87. The van der Waals surface area contributed by atoms with Crippen LogP contribution >= 0.6 is 0 Å². The summed E-state index contributed by atoms with van der Waals surface area (Å²) >= 11 is 0. The van der Waals surface area contributed by atoms with Crippen LogP contribution in [0.5, 0.6) is 0 Å². The monoisotopic (exact) mass is 146 g/mol. The molecule has 3 atom stereocenters. The summed E-state index contributed by atoms with van der Waals surface area (Å²) in [7, 11) is 0. The van der Waals surface area contributed by atoms with E-state index in [1.54, 1.807) is 0 Å². The van der Waals surface area contributed by atoms with E-state index in [0.29, 0.717) is 5.92 Å². The van der Waals surface area contributed by atoms with Gasteiger partial charge in [-0.25, -0.2) is 8.78 Å². The van der Waals surface area contributed by atoms with E-state index in [4.69, 9.17) is 0 Å². The van der Waals surface area contributed by atoms with Crippen LogP contribution in [0.2, 0.25) is 0 Å². The molecule has 2 saturated carbocycles. The molecule has 2 heteroatoms. The number of halogens is 2. The molecule has 0 radical (unpaired) electrons. The summed E-state index contributed by atoms with van der Waals surface area (Å²) in [6, 6.07) is 0. The van der Waals surface area contributed by atoms with E-state index in [-0.39, 0.29) is 18.3 Å². The Balaban J connectivity index is 2.20. The Morgan fingerprint density at radius 1 is 1.30 bits per heavy atom. The molecule has 2 rings (SSSR count). The number of fused-ring (bicyclic) bond motifs is 2. The zero-order valence-electron chi connectivity index (χ0n) is 6.11. The first-order valence-corrected chi connectivity index (χ1v) is 3.97. The van der Waals surface area contributed by atoms with Crippen molar-refractivity contribution < 1.29 is 8.78 Å². The van der Waals surface area contributed by atoms with E-state index in [2.05, 4.69) is 0 Å². The lowest BCUT2D eigenvalue weighted by molar-refractivity contribution is -0.0688. The molecule has 2 fully saturated rings. The highest BCUT2D eigenvalue weighted by Crippen LogP contribution is 2.56. The van der Waals surface area contributed by atoms with Crippen LogP contribution in [0.25, 0.3) is 0 Å². The summed E-state index contributed by atoms with van der Waals surface area (Å²) in [5.74, 6) is -1.98. The van der Waals surface area contributed by atoms with Crippen molar-refractivity contribution in [3.05, 3.63) is 0 Å². The Hall–Kier alpha value is -0.140. The minimum atomic E-state index is -2.32. The molecular formula is C8H12F2. The molecule has 2 bridgehead atoms. The molecule has 58 valence electrons. The van der Waals surface area contributed by atoms with Crippen molar-refractivity contribution in [3.8, 4) is 0 Å². The van der Waals surface area contributed by atoms with Crippen LogP contribution in [0.4, 0.5) is 8.78 Å². The highest BCUT2D eigenvalue weighted by Gasteiger charge is 2.55. The smallest absolute Gasteiger partial charge is 0.207 e. The minimum absolute atomic E-state index is 0.169. The molecule has 0 aliphatic heterocycles. The lowest BCUT2D eigenvalue weighted by Crippen LogP contribution is -2.29. The van der Waals surface area contributed by atoms with Gasteiger partial charge in [0.15, 0.2) is 0 Å². The Morgan fingerprint density at radius 3 is 2.30 bits per heavy atom. The van der Waals surface area contributed by atoms with E-state index in [9.17, 15) is 8.78 Å². The summed E-state index contributed by atoms with van der Waals surface area (Å²) in [5, 5.41) is 0. The van der Waals surface area contributed by atoms with Gasteiger partial charge in [0.25, 0.3) is 5.92 Å². The topological polar surface area (TPSA) is 0 Å². The molecule has 0 spiro atoms. The Labute approximate surface area is 59.6 Å². The number of rotatable bonds is 0. The first kappa shape index (κ1) is 6.56. The maximum Gasteiger partial charge on any atom is 0.251 e. The number of alkyl halides is 2. The van der Waals surface area contributed by atoms with E-state index < -0.39 is 5.92 Å². The van der Waals surface area contributed by atoms with Gasteiger partial charge in [-0.2, -0.15) is 0 Å². The summed E-state index contributed by atoms with van der Waals surface area (Å²) in [6.07, 6.45) is 2.00. The van der Waals surface area contributed by atoms with Crippen LogP contribution in [0, 0.1) is 17.8 Å². The second-order valence-corrected chi connectivity index (χ2v) is 3.89. The first-order chi connectivity index (χ1) is 4.59. The largest absolute Gasteiger partial charge is 0.251 e. The average Bonchev–Trinajstić information content (AvgIpc) is 2.18. The number of hydrogen-bond acceptors (Lipinski definition) is 0. The Bertz CT molecular complexity index is 153. The van der Waals surface area contributed by atoms with Crippen molar-refractivity contribution >= 4 is 0 Å². The fraction of sp³-hybridized carbons (Fsp3) is 1.00. The zero-order chi connectivity index (χ0) is 7.35. The predicted molar refractivity (Wildman–Crippen MR) is 34.9 cm³/mol. The van der Waals surface area contributed by atoms with E-state index >= 15 is 0 Å². The molecule has 0 heterocycles. The minimum Gasteiger partial charge on any atom is -0.207 e. The van der Waals surface area contributed by atoms with Crippen molar-refractivity contribution in [2.75, 3.05) is 0 Å². The highest BCUT2D eigenvalue weighted by molar-refractivity contribution is 4.98. The molecule has 0 amide bonds. The van der Waals surface area contributed by atoms with Crippen LogP contribution in [-0.2, 0) is 0 Å². The molecule has 0 nitrogen and oxygen atoms in total. The second kappa shape index (κ2) is 1.72. The maximum atomic E-state index is 12.9.